The fourth-order valence-corrected chi connectivity index (χ4v) is 3.20. The maximum Gasteiger partial charge on any atom is 0.227 e. The van der Waals surface area contributed by atoms with Gasteiger partial charge in [-0.1, -0.05) is 19.3 Å². The number of nitrogens with one attached hydrogen (secondary N) is 1. The van der Waals surface area contributed by atoms with E-state index in [-0.39, 0.29) is 12.3 Å². The van der Waals surface area contributed by atoms with Gasteiger partial charge in [0.25, 0.3) is 0 Å². The number of benzene rings is 1. The molecular formula is C17H23N3O2. The van der Waals surface area contributed by atoms with Gasteiger partial charge in [0.2, 0.25) is 5.91 Å². The van der Waals surface area contributed by atoms with Gasteiger partial charge in [-0.2, -0.15) is 5.10 Å². The molecule has 118 valence electrons. The largest absolute Gasteiger partial charge is 0.389 e. The number of hydrogen-bond donors (Lipinski definition) is 2. The summed E-state index contributed by atoms with van der Waals surface area (Å²) in [7, 11) is 0. The Balaban J connectivity index is 1.68. The molecule has 0 spiro atoms. The summed E-state index contributed by atoms with van der Waals surface area (Å²) in [5.41, 5.74) is 0.783. The first kappa shape index (κ1) is 15.0. The highest BCUT2D eigenvalue weighted by Crippen LogP contribution is 2.31. The van der Waals surface area contributed by atoms with Crippen molar-refractivity contribution in [3.05, 3.63) is 24.4 Å². The molecule has 2 aromatic rings. The second kappa shape index (κ2) is 6.08. The average molecular weight is 301 g/mol. The molecule has 2 N–H and O–H groups in total. The Morgan fingerprint density at radius 2 is 2.14 bits per heavy atom. The van der Waals surface area contributed by atoms with Gasteiger partial charge in [0.1, 0.15) is 0 Å². The fraction of sp³-hybridized carbons (Fsp3) is 0.529. The molecule has 1 aliphatic rings. The van der Waals surface area contributed by atoms with Crippen LogP contribution in [0.25, 0.3) is 10.9 Å². The molecule has 3 rings (SSSR count). The summed E-state index contributed by atoms with van der Waals surface area (Å²) >= 11 is 0. The van der Waals surface area contributed by atoms with Crippen LogP contribution in [0.4, 0.5) is 5.69 Å². The number of aliphatic hydroxyl groups is 1. The molecule has 1 aromatic carbocycles. The third-order valence-corrected chi connectivity index (χ3v) is 4.44. The molecule has 0 aliphatic heterocycles. The maximum absolute atomic E-state index is 12.2. The fourth-order valence-electron chi connectivity index (χ4n) is 3.20. The van der Waals surface area contributed by atoms with Crippen molar-refractivity contribution in [3.63, 3.8) is 0 Å². The van der Waals surface area contributed by atoms with E-state index < -0.39 is 5.60 Å². The molecule has 1 fully saturated rings. The number of rotatable bonds is 4. The summed E-state index contributed by atoms with van der Waals surface area (Å²) in [6.45, 7) is 2.86. The summed E-state index contributed by atoms with van der Waals surface area (Å²) in [5, 5.41) is 18.8. The molecule has 1 saturated carbocycles. The molecule has 1 amide bonds. The van der Waals surface area contributed by atoms with E-state index in [1.807, 2.05) is 36.0 Å². The minimum absolute atomic E-state index is 0.126. The van der Waals surface area contributed by atoms with E-state index in [0.717, 1.165) is 55.2 Å². The van der Waals surface area contributed by atoms with E-state index in [1.165, 1.54) is 0 Å². The third kappa shape index (κ3) is 3.30. The van der Waals surface area contributed by atoms with Crippen molar-refractivity contribution >= 4 is 22.5 Å². The van der Waals surface area contributed by atoms with Gasteiger partial charge < -0.3 is 10.4 Å². The second-order valence-electron chi connectivity index (χ2n) is 6.27. The number of aromatic nitrogens is 2. The molecule has 5 nitrogen and oxygen atoms in total. The Kier molecular flexibility index (Phi) is 4.16. The van der Waals surface area contributed by atoms with Crippen LogP contribution in [0.1, 0.15) is 45.4 Å². The molecule has 0 radical (unpaired) electrons. The predicted octanol–water partition coefficient (Wildman–Crippen LogP) is 3.08. The topological polar surface area (TPSA) is 67.2 Å². The normalized spacial score (nSPS) is 17.5. The first-order valence-electron chi connectivity index (χ1n) is 8.07. The van der Waals surface area contributed by atoms with E-state index in [0.29, 0.717) is 0 Å². The Bertz CT molecular complexity index is 672. The monoisotopic (exact) mass is 301 g/mol. The van der Waals surface area contributed by atoms with E-state index in [1.54, 1.807) is 0 Å². The first-order valence-corrected chi connectivity index (χ1v) is 8.07. The van der Waals surface area contributed by atoms with Gasteiger partial charge in [-0.15, -0.1) is 0 Å². The summed E-state index contributed by atoms with van der Waals surface area (Å²) in [4.78, 5) is 12.2. The first-order chi connectivity index (χ1) is 10.6. The van der Waals surface area contributed by atoms with Crippen molar-refractivity contribution < 1.29 is 9.90 Å². The highest BCUT2D eigenvalue weighted by Gasteiger charge is 2.31. The highest BCUT2D eigenvalue weighted by atomic mass is 16.3. The number of hydrogen-bond acceptors (Lipinski definition) is 3. The zero-order chi connectivity index (χ0) is 15.6. The van der Waals surface area contributed by atoms with Crippen LogP contribution in [0.3, 0.4) is 0 Å². The second-order valence-corrected chi connectivity index (χ2v) is 6.27. The van der Waals surface area contributed by atoms with Gasteiger partial charge in [0.15, 0.2) is 0 Å². The van der Waals surface area contributed by atoms with E-state index >= 15 is 0 Å². The van der Waals surface area contributed by atoms with Gasteiger partial charge in [-0.3, -0.25) is 9.48 Å². The van der Waals surface area contributed by atoms with Crippen LogP contribution in [-0.2, 0) is 11.3 Å². The van der Waals surface area contributed by atoms with Gasteiger partial charge in [0.05, 0.1) is 17.5 Å². The van der Waals surface area contributed by atoms with Crippen LogP contribution in [0, 0.1) is 0 Å². The maximum atomic E-state index is 12.2. The van der Waals surface area contributed by atoms with Crippen LogP contribution < -0.4 is 5.32 Å². The number of carbonyl (C=O) groups excluding carboxylic acids is 1. The molecule has 0 bridgehead atoms. The minimum atomic E-state index is -0.823. The van der Waals surface area contributed by atoms with Crippen LogP contribution in [0.2, 0.25) is 0 Å². The van der Waals surface area contributed by atoms with Crippen LogP contribution in [-0.4, -0.2) is 26.4 Å². The standard InChI is InChI=1S/C17H23N3O2/c1-2-20-12-13-6-7-14(10-15(13)19-20)18-16(21)11-17(22)8-4-3-5-9-17/h6-7,10,12,22H,2-5,8-9,11H2,1H3,(H,18,21). The van der Waals surface area contributed by atoms with Crippen molar-refractivity contribution in [1.82, 2.24) is 9.78 Å². The van der Waals surface area contributed by atoms with Gasteiger partial charge in [0, 0.05) is 23.8 Å². The van der Waals surface area contributed by atoms with Gasteiger partial charge in [-0.05, 0) is 38.0 Å². The molecule has 0 saturated heterocycles. The Morgan fingerprint density at radius 1 is 1.36 bits per heavy atom. The zero-order valence-corrected chi connectivity index (χ0v) is 13.0. The molecule has 5 heteroatoms. The quantitative estimate of drug-likeness (QED) is 0.912. The summed E-state index contributed by atoms with van der Waals surface area (Å²) < 4.78 is 1.88. The lowest BCUT2D eigenvalue weighted by Gasteiger charge is -2.31. The van der Waals surface area contributed by atoms with Gasteiger partial charge in [-0.25, -0.2) is 0 Å². The number of aryl methyl sites for hydroxylation is 1. The molecule has 1 aliphatic carbocycles. The van der Waals surface area contributed by atoms with Gasteiger partial charge >= 0.3 is 0 Å². The van der Waals surface area contributed by atoms with E-state index in [9.17, 15) is 9.90 Å². The molecule has 0 unspecified atom stereocenters. The van der Waals surface area contributed by atoms with Crippen molar-refractivity contribution in [2.24, 2.45) is 0 Å². The zero-order valence-electron chi connectivity index (χ0n) is 13.0. The highest BCUT2D eigenvalue weighted by molar-refractivity contribution is 5.93. The van der Waals surface area contributed by atoms with Crippen molar-refractivity contribution in [1.29, 1.82) is 0 Å². The Hall–Kier alpha value is -1.88. The molecule has 22 heavy (non-hydrogen) atoms. The SMILES string of the molecule is CCn1cc2ccc(NC(=O)CC3(O)CCCCC3)cc2n1. The number of fused-ring (bicyclic) bond motifs is 1. The van der Waals surface area contributed by atoms with Crippen LogP contribution in [0.15, 0.2) is 24.4 Å². The smallest absolute Gasteiger partial charge is 0.227 e. The van der Waals surface area contributed by atoms with Crippen molar-refractivity contribution in [2.45, 2.75) is 57.6 Å². The third-order valence-electron chi connectivity index (χ3n) is 4.44. The number of amides is 1. The lowest BCUT2D eigenvalue weighted by molar-refractivity contribution is -0.122. The molecule has 0 atom stereocenters. The number of nitrogens with zero attached hydrogens (tertiary/aromatic N) is 2. The summed E-state index contributed by atoms with van der Waals surface area (Å²) in [6, 6.07) is 5.72. The van der Waals surface area contributed by atoms with Crippen molar-refractivity contribution in [2.75, 3.05) is 5.32 Å². The number of anilines is 1. The molecule has 1 aromatic heterocycles. The van der Waals surface area contributed by atoms with Crippen LogP contribution >= 0.6 is 0 Å². The lowest BCUT2D eigenvalue weighted by atomic mass is 9.82. The summed E-state index contributed by atoms with van der Waals surface area (Å²) in [6.07, 6.45) is 6.77. The minimum Gasteiger partial charge on any atom is -0.389 e. The van der Waals surface area contributed by atoms with E-state index in [4.69, 9.17) is 0 Å². The van der Waals surface area contributed by atoms with E-state index in [2.05, 4.69) is 10.4 Å². The predicted molar refractivity (Wildman–Crippen MR) is 86.7 cm³/mol. The molecule has 1 heterocycles. The average Bonchev–Trinajstić information content (AvgIpc) is 2.89. The Labute approximate surface area is 130 Å². The molecular weight excluding hydrogens is 278 g/mol. The Morgan fingerprint density at radius 3 is 2.86 bits per heavy atom. The van der Waals surface area contributed by atoms with Crippen molar-refractivity contribution in [3.8, 4) is 0 Å². The van der Waals surface area contributed by atoms with Crippen LogP contribution in [0.5, 0.6) is 0 Å². The lowest BCUT2D eigenvalue weighted by Crippen LogP contribution is -2.35. The number of carbonyl (C=O) groups is 1. The summed E-state index contributed by atoms with van der Waals surface area (Å²) in [5.74, 6) is -0.126.